The number of carbonyl (C=O) groups excluding carboxylic acids is 3. The minimum Gasteiger partial charge on any atom is -0.378 e. The predicted octanol–water partition coefficient (Wildman–Crippen LogP) is 4.62. The van der Waals surface area contributed by atoms with Gasteiger partial charge in [0.15, 0.2) is 11.3 Å². The number of fused-ring (bicyclic) bond motifs is 2. The van der Waals surface area contributed by atoms with Crippen LogP contribution in [0, 0.1) is 17.8 Å². The van der Waals surface area contributed by atoms with Crippen LogP contribution in [-0.2, 0) is 26.1 Å². The second kappa shape index (κ2) is 17.7. The molecule has 1 aromatic carbocycles. The van der Waals surface area contributed by atoms with Gasteiger partial charge in [-0.2, -0.15) is 15.3 Å². The third-order valence-electron chi connectivity index (χ3n) is 12.5. The Morgan fingerprint density at radius 3 is 2.61 bits per heavy atom. The number of carbonyl (C=O) groups is 3. The number of imide groups is 1. The molecule has 0 bridgehead atoms. The van der Waals surface area contributed by atoms with Crippen LogP contribution in [0.5, 0.6) is 0 Å². The molecule has 9 rings (SSSR count). The van der Waals surface area contributed by atoms with E-state index in [4.69, 9.17) is 9.47 Å². The number of morpholine rings is 1. The molecule has 16 nitrogen and oxygen atoms in total. The quantitative estimate of drug-likeness (QED) is 0.149. The number of aryl methyl sites for hydroxylation is 1. The van der Waals surface area contributed by atoms with Gasteiger partial charge in [0.25, 0.3) is 12.3 Å². The van der Waals surface area contributed by atoms with Gasteiger partial charge in [0.2, 0.25) is 11.8 Å². The van der Waals surface area contributed by atoms with E-state index in [2.05, 4.69) is 52.6 Å². The van der Waals surface area contributed by atoms with Gasteiger partial charge in [-0.05, 0) is 63.0 Å². The van der Waals surface area contributed by atoms with Crippen LogP contribution in [0.3, 0.4) is 0 Å². The second-order valence-electron chi connectivity index (χ2n) is 16.4. The summed E-state index contributed by atoms with van der Waals surface area (Å²) in [4.78, 5) is 46.9. The molecule has 3 aliphatic heterocycles. The summed E-state index contributed by atoms with van der Waals surface area (Å²) in [7, 11) is 1.84. The lowest BCUT2D eigenvalue weighted by Gasteiger charge is -2.36. The molecule has 18 heteroatoms. The van der Waals surface area contributed by atoms with Gasteiger partial charge in [0.1, 0.15) is 18.0 Å². The average molecular weight is 838 g/mol. The summed E-state index contributed by atoms with van der Waals surface area (Å²) >= 11 is 0. The van der Waals surface area contributed by atoms with Crippen LogP contribution in [0.1, 0.15) is 97.1 Å². The molecule has 4 aromatic heterocycles. The number of hydrogen-bond donors (Lipinski definition) is 2. The Kier molecular flexibility index (Phi) is 11.8. The van der Waals surface area contributed by atoms with E-state index in [1.807, 2.05) is 31.3 Å². The third-order valence-corrected chi connectivity index (χ3v) is 12.5. The lowest BCUT2D eigenvalue weighted by Crippen LogP contribution is -2.40. The molecular formula is C43H49F2N11O5. The summed E-state index contributed by atoms with van der Waals surface area (Å²) in [6, 6.07) is 7.59. The highest BCUT2D eigenvalue weighted by molar-refractivity contribution is 6.08. The normalized spacial score (nSPS) is 21.8. The fourth-order valence-corrected chi connectivity index (χ4v) is 9.21. The number of halogens is 2. The van der Waals surface area contributed by atoms with Gasteiger partial charge in [-0.3, -0.25) is 29.1 Å². The fraction of sp³-hybridized carbons (Fsp3) is 0.512. The summed E-state index contributed by atoms with van der Waals surface area (Å²) in [6.07, 6.45) is 8.05. The van der Waals surface area contributed by atoms with Crippen LogP contribution in [0.25, 0.3) is 16.6 Å². The molecule has 1 unspecified atom stereocenters. The number of nitrogens with one attached hydrogen (secondary N) is 2. The number of ether oxygens (including phenoxy) is 2. The summed E-state index contributed by atoms with van der Waals surface area (Å²) in [5.74, 6) is 6.02. The zero-order chi connectivity index (χ0) is 42.0. The topological polar surface area (TPSA) is 166 Å². The number of amides is 3. The van der Waals surface area contributed by atoms with Gasteiger partial charge in [0, 0.05) is 64.0 Å². The molecule has 320 valence electrons. The van der Waals surface area contributed by atoms with Gasteiger partial charge in [0.05, 0.1) is 59.9 Å². The smallest absolute Gasteiger partial charge is 0.284 e. The van der Waals surface area contributed by atoms with E-state index >= 15 is 0 Å². The third kappa shape index (κ3) is 8.72. The molecule has 1 saturated carbocycles. The van der Waals surface area contributed by atoms with E-state index < -0.39 is 23.9 Å². The van der Waals surface area contributed by atoms with E-state index in [1.54, 1.807) is 15.6 Å². The maximum atomic E-state index is 14.2. The van der Waals surface area contributed by atoms with Crippen molar-refractivity contribution < 1.29 is 32.6 Å². The molecule has 1 aliphatic carbocycles. The molecule has 5 aromatic rings. The van der Waals surface area contributed by atoms with E-state index in [0.717, 1.165) is 74.6 Å². The molecule has 1 atom stereocenters. The Bertz CT molecular complexity index is 2480. The molecular weight excluding hydrogens is 789 g/mol. The molecule has 61 heavy (non-hydrogen) atoms. The van der Waals surface area contributed by atoms with Crippen molar-refractivity contribution >= 4 is 45.8 Å². The number of nitrogens with zero attached hydrogens (tertiary/aromatic N) is 9. The lowest BCUT2D eigenvalue weighted by atomic mass is 9.85. The van der Waals surface area contributed by atoms with Gasteiger partial charge < -0.3 is 24.6 Å². The first-order chi connectivity index (χ1) is 29.7. The van der Waals surface area contributed by atoms with Gasteiger partial charge in [-0.1, -0.05) is 24.0 Å². The first-order valence-corrected chi connectivity index (χ1v) is 21.2. The number of piperidine rings is 2. The molecule has 4 aliphatic rings. The molecule has 3 saturated heterocycles. The summed E-state index contributed by atoms with van der Waals surface area (Å²) in [5, 5.41) is 19.2. The molecule has 3 amide bonds. The van der Waals surface area contributed by atoms with Gasteiger partial charge in [-0.25, -0.2) is 18.3 Å². The van der Waals surface area contributed by atoms with Crippen LogP contribution >= 0.6 is 0 Å². The summed E-state index contributed by atoms with van der Waals surface area (Å²) in [5.41, 5.74) is 2.40. The Labute approximate surface area is 350 Å². The van der Waals surface area contributed by atoms with Crippen LogP contribution < -0.4 is 15.5 Å². The highest BCUT2D eigenvalue weighted by Crippen LogP contribution is 2.36. The number of alkyl halides is 2. The minimum absolute atomic E-state index is 0.00622. The van der Waals surface area contributed by atoms with Gasteiger partial charge >= 0.3 is 0 Å². The van der Waals surface area contributed by atoms with Crippen molar-refractivity contribution in [1.82, 2.24) is 44.4 Å². The highest BCUT2D eigenvalue weighted by Gasteiger charge is 2.33. The molecule has 4 fully saturated rings. The Morgan fingerprint density at radius 2 is 1.84 bits per heavy atom. The monoisotopic (exact) mass is 837 g/mol. The van der Waals surface area contributed by atoms with Crippen molar-refractivity contribution in [2.45, 2.75) is 75.9 Å². The summed E-state index contributed by atoms with van der Waals surface area (Å²) in [6.45, 7) is 5.70. The molecule has 0 radical (unpaired) electrons. The number of rotatable bonds is 10. The number of benzene rings is 1. The second-order valence-corrected chi connectivity index (χ2v) is 16.4. The van der Waals surface area contributed by atoms with E-state index in [1.165, 1.54) is 16.9 Å². The predicted molar refractivity (Wildman–Crippen MR) is 220 cm³/mol. The molecule has 7 heterocycles. The average Bonchev–Trinajstić information content (AvgIpc) is 3.99. The molecule has 0 spiro atoms. The van der Waals surface area contributed by atoms with Crippen molar-refractivity contribution in [2.24, 2.45) is 13.0 Å². The van der Waals surface area contributed by atoms with E-state index in [0.29, 0.717) is 68.8 Å². The van der Waals surface area contributed by atoms with Crippen molar-refractivity contribution in [3.63, 3.8) is 0 Å². The number of hydrogen-bond acceptors (Lipinski definition) is 11. The van der Waals surface area contributed by atoms with E-state index in [9.17, 15) is 23.2 Å². The number of para-hydroxylation sites is 1. The fourth-order valence-electron chi connectivity index (χ4n) is 9.21. The van der Waals surface area contributed by atoms with Crippen molar-refractivity contribution in [1.29, 1.82) is 0 Å². The lowest BCUT2D eigenvalue weighted by molar-refractivity contribution is -0.134. The number of anilines is 2. The number of likely N-dealkylation sites (tertiary alicyclic amines) is 1. The first kappa shape index (κ1) is 40.6. The van der Waals surface area contributed by atoms with Crippen molar-refractivity contribution in [3.8, 4) is 11.8 Å². The summed E-state index contributed by atoms with van der Waals surface area (Å²) < 4.78 is 45.0. The maximum Gasteiger partial charge on any atom is 0.284 e. The standard InChI is InChI=1S/C43H49F2N11O5/c1-52-39-28(4-2-6-31(39)37(50-52)32-11-12-36(57)49-42(32)58)5-3-21-61-30-13-16-53(17-14-30)25-27-7-9-29(10-8-27)56-26-34(38(51-56)40(44)45)47-43(59)33-24-46-55-18-15-35(48-41(33)55)54-19-22-60-23-20-54/h2,4,6,15,18,24,26-27,29-30,32,40H,7-14,16-17,19-23,25H2,1H3,(H,47,59)(H,49,57,58). The van der Waals surface area contributed by atoms with Crippen molar-refractivity contribution in [2.75, 3.05) is 62.8 Å². The van der Waals surface area contributed by atoms with Crippen LogP contribution in [0.2, 0.25) is 0 Å². The number of aromatic nitrogens is 7. The van der Waals surface area contributed by atoms with Crippen LogP contribution in [-0.4, -0.2) is 115 Å². The van der Waals surface area contributed by atoms with E-state index in [-0.39, 0.29) is 35.2 Å². The largest absolute Gasteiger partial charge is 0.378 e. The van der Waals surface area contributed by atoms with Crippen molar-refractivity contribution in [3.05, 3.63) is 65.4 Å². The first-order valence-electron chi connectivity index (χ1n) is 21.2. The Balaban J connectivity index is 0.743. The van der Waals surface area contributed by atoms with Crippen LogP contribution in [0.15, 0.2) is 42.9 Å². The highest BCUT2D eigenvalue weighted by atomic mass is 19.3. The van der Waals surface area contributed by atoms with Gasteiger partial charge in [-0.15, -0.1) is 0 Å². The minimum atomic E-state index is -2.86. The maximum absolute atomic E-state index is 14.2. The Hall–Kier alpha value is -5.77. The van der Waals surface area contributed by atoms with Crippen LogP contribution in [0.4, 0.5) is 20.3 Å². The zero-order valence-corrected chi connectivity index (χ0v) is 34.1. The SMILES string of the molecule is Cn1nc(C2CCC(=O)NC2=O)c2cccc(C#CCOC3CCN(CC4CCC(n5cc(NC(=O)c6cnn7ccc(N8CCOCC8)nc67)c(C(F)F)n5)CC4)CC3)c21. The molecule has 2 N–H and O–H groups in total. The zero-order valence-electron chi connectivity index (χ0n) is 34.1. The Morgan fingerprint density at radius 1 is 1.03 bits per heavy atom.